The molecule has 0 saturated carbocycles. The lowest BCUT2D eigenvalue weighted by atomic mass is 10.0. The van der Waals surface area contributed by atoms with Gasteiger partial charge in [0.25, 0.3) is 5.91 Å². The molecule has 26 heavy (non-hydrogen) atoms. The van der Waals surface area contributed by atoms with Gasteiger partial charge in [0, 0.05) is 11.1 Å². The Morgan fingerprint density at radius 2 is 1.96 bits per heavy atom. The number of nitrogens with zero attached hydrogens (tertiary/aromatic N) is 2. The molecule has 1 amide bonds. The van der Waals surface area contributed by atoms with E-state index in [-0.39, 0.29) is 0 Å². The predicted molar refractivity (Wildman–Crippen MR) is 105 cm³/mol. The van der Waals surface area contributed by atoms with Gasteiger partial charge in [-0.15, -0.1) is 0 Å². The molecule has 3 aromatic rings. The Hall–Kier alpha value is -2.63. The number of rotatable bonds is 4. The van der Waals surface area contributed by atoms with E-state index in [1.54, 1.807) is 24.3 Å². The smallest absolute Gasteiger partial charge is 0.272 e. The van der Waals surface area contributed by atoms with Gasteiger partial charge in [0.05, 0.1) is 22.0 Å². The fraction of sp³-hybridized carbons (Fsp3) is 0.105. The third-order valence-corrected chi connectivity index (χ3v) is 4.81. The van der Waals surface area contributed by atoms with Gasteiger partial charge in [-0.2, -0.15) is 10.2 Å². The van der Waals surface area contributed by atoms with Crippen molar-refractivity contribution in [3.05, 3.63) is 74.9 Å². The number of aryl methyl sites for hydroxylation is 2. The molecule has 132 valence electrons. The number of carbonyl (C=O) groups is 1. The minimum Gasteiger partial charge on any atom is -0.272 e. The van der Waals surface area contributed by atoms with Gasteiger partial charge in [0.1, 0.15) is 5.69 Å². The molecule has 2 N–H and O–H groups in total. The van der Waals surface area contributed by atoms with Crippen LogP contribution >= 0.6 is 23.2 Å². The molecule has 0 aliphatic carbocycles. The number of hydrazone groups is 1. The van der Waals surface area contributed by atoms with Crippen LogP contribution in [0.4, 0.5) is 0 Å². The Bertz CT molecular complexity index is 995. The van der Waals surface area contributed by atoms with Gasteiger partial charge in [0.15, 0.2) is 0 Å². The second-order valence-electron chi connectivity index (χ2n) is 5.81. The summed E-state index contributed by atoms with van der Waals surface area (Å²) in [5.41, 5.74) is 7.37. The number of hydrogen-bond acceptors (Lipinski definition) is 3. The fourth-order valence-corrected chi connectivity index (χ4v) is 2.68. The van der Waals surface area contributed by atoms with Crippen molar-refractivity contribution in [2.24, 2.45) is 5.10 Å². The molecule has 0 bridgehead atoms. The first kappa shape index (κ1) is 18.2. The van der Waals surface area contributed by atoms with E-state index >= 15 is 0 Å². The summed E-state index contributed by atoms with van der Waals surface area (Å²) < 4.78 is 0. The van der Waals surface area contributed by atoms with Gasteiger partial charge >= 0.3 is 0 Å². The van der Waals surface area contributed by atoms with Crippen LogP contribution in [-0.2, 0) is 0 Å². The normalized spacial score (nSPS) is 11.1. The number of benzene rings is 2. The number of aromatic amines is 1. The molecule has 2 aromatic carbocycles. The van der Waals surface area contributed by atoms with E-state index in [0.29, 0.717) is 27.0 Å². The van der Waals surface area contributed by atoms with Crippen LogP contribution in [0.3, 0.4) is 0 Å². The van der Waals surface area contributed by atoms with Crippen LogP contribution in [0.5, 0.6) is 0 Å². The average Bonchev–Trinajstić information content (AvgIpc) is 3.11. The summed E-state index contributed by atoms with van der Waals surface area (Å²) >= 11 is 12.0. The Morgan fingerprint density at radius 1 is 1.15 bits per heavy atom. The van der Waals surface area contributed by atoms with Crippen LogP contribution in [0.1, 0.15) is 27.2 Å². The maximum absolute atomic E-state index is 12.2. The largest absolute Gasteiger partial charge is 0.289 e. The summed E-state index contributed by atoms with van der Waals surface area (Å²) in [6, 6.07) is 12.9. The molecule has 0 saturated heterocycles. The molecule has 0 spiro atoms. The summed E-state index contributed by atoms with van der Waals surface area (Å²) in [4.78, 5) is 12.2. The van der Waals surface area contributed by atoms with Crippen LogP contribution in [0.15, 0.2) is 47.6 Å². The highest BCUT2D eigenvalue weighted by molar-refractivity contribution is 6.43. The Morgan fingerprint density at radius 3 is 2.73 bits per heavy atom. The van der Waals surface area contributed by atoms with Crippen molar-refractivity contribution in [2.75, 3.05) is 0 Å². The maximum atomic E-state index is 12.2. The second kappa shape index (κ2) is 7.72. The molecule has 0 fully saturated rings. The number of halogens is 2. The van der Waals surface area contributed by atoms with Crippen LogP contribution in [0.2, 0.25) is 10.0 Å². The minimum absolute atomic E-state index is 0.313. The molecule has 1 heterocycles. The molecule has 0 aliphatic rings. The monoisotopic (exact) mass is 386 g/mol. The summed E-state index contributed by atoms with van der Waals surface area (Å²) in [5.74, 6) is -0.401. The van der Waals surface area contributed by atoms with Crippen molar-refractivity contribution >= 4 is 35.3 Å². The highest BCUT2D eigenvalue weighted by Gasteiger charge is 2.11. The van der Waals surface area contributed by atoms with Crippen molar-refractivity contribution in [1.82, 2.24) is 15.6 Å². The first-order valence-corrected chi connectivity index (χ1v) is 8.62. The third kappa shape index (κ3) is 3.95. The van der Waals surface area contributed by atoms with Gasteiger partial charge in [0.2, 0.25) is 0 Å². The summed E-state index contributed by atoms with van der Waals surface area (Å²) in [5, 5.41) is 11.6. The van der Waals surface area contributed by atoms with Crippen molar-refractivity contribution < 1.29 is 4.79 Å². The second-order valence-corrected chi connectivity index (χ2v) is 6.59. The Labute approximate surface area is 161 Å². The quantitative estimate of drug-likeness (QED) is 0.500. The van der Waals surface area contributed by atoms with Crippen LogP contribution < -0.4 is 5.43 Å². The zero-order valence-corrected chi connectivity index (χ0v) is 15.7. The van der Waals surface area contributed by atoms with Crippen molar-refractivity contribution in [3.8, 4) is 11.3 Å². The minimum atomic E-state index is -0.401. The molecule has 0 radical (unpaired) electrons. The molecule has 7 heteroatoms. The van der Waals surface area contributed by atoms with E-state index in [2.05, 4.69) is 20.7 Å². The molecular formula is C19H16Cl2N4O. The zero-order valence-electron chi connectivity index (χ0n) is 14.2. The van der Waals surface area contributed by atoms with E-state index in [1.165, 1.54) is 17.3 Å². The number of aromatic nitrogens is 2. The molecule has 0 aliphatic heterocycles. The molecule has 0 unspecified atom stereocenters. The van der Waals surface area contributed by atoms with E-state index in [9.17, 15) is 4.79 Å². The summed E-state index contributed by atoms with van der Waals surface area (Å²) in [6.45, 7) is 4.08. The highest BCUT2D eigenvalue weighted by atomic mass is 35.5. The molecular weight excluding hydrogens is 371 g/mol. The summed E-state index contributed by atoms with van der Waals surface area (Å²) in [7, 11) is 0. The average molecular weight is 387 g/mol. The van der Waals surface area contributed by atoms with E-state index in [4.69, 9.17) is 23.2 Å². The van der Waals surface area contributed by atoms with Gasteiger partial charge in [-0.25, -0.2) is 5.43 Å². The number of nitrogens with one attached hydrogen (secondary N) is 2. The van der Waals surface area contributed by atoms with Crippen LogP contribution in [-0.4, -0.2) is 22.3 Å². The van der Waals surface area contributed by atoms with Crippen molar-refractivity contribution in [1.29, 1.82) is 0 Å². The standard InChI is InChI=1S/C19H16Cl2N4O/c1-11-6-7-13(8-12(11)2)16-9-17(24-23-16)19(26)25-22-10-14-4-3-5-15(20)18(14)21/h3-10H,1-2H3,(H,23,24)(H,25,26). The molecule has 1 aromatic heterocycles. The SMILES string of the molecule is Cc1ccc(-c2cc(C(=O)NN=Cc3cccc(Cl)c3Cl)[nH]n2)cc1C. The van der Waals surface area contributed by atoms with Gasteiger partial charge in [-0.1, -0.05) is 47.5 Å². The van der Waals surface area contributed by atoms with E-state index in [1.807, 2.05) is 32.0 Å². The lowest BCUT2D eigenvalue weighted by Crippen LogP contribution is -2.18. The van der Waals surface area contributed by atoms with E-state index < -0.39 is 5.91 Å². The number of H-pyrrole nitrogens is 1. The summed E-state index contributed by atoms with van der Waals surface area (Å²) in [6.07, 6.45) is 1.44. The van der Waals surface area contributed by atoms with Crippen molar-refractivity contribution in [3.63, 3.8) is 0 Å². The van der Waals surface area contributed by atoms with Crippen LogP contribution in [0.25, 0.3) is 11.3 Å². The Balaban J connectivity index is 1.71. The molecule has 3 rings (SSSR count). The first-order valence-electron chi connectivity index (χ1n) is 7.86. The third-order valence-electron chi connectivity index (χ3n) is 3.98. The zero-order chi connectivity index (χ0) is 18.7. The molecule has 0 atom stereocenters. The van der Waals surface area contributed by atoms with E-state index in [0.717, 1.165) is 5.56 Å². The number of hydrogen-bond donors (Lipinski definition) is 2. The van der Waals surface area contributed by atoms with Crippen molar-refractivity contribution in [2.45, 2.75) is 13.8 Å². The topological polar surface area (TPSA) is 70.1 Å². The maximum Gasteiger partial charge on any atom is 0.289 e. The lowest BCUT2D eigenvalue weighted by Gasteiger charge is -2.01. The lowest BCUT2D eigenvalue weighted by molar-refractivity contribution is 0.0950. The van der Waals surface area contributed by atoms with Gasteiger partial charge < -0.3 is 0 Å². The molecule has 5 nitrogen and oxygen atoms in total. The fourth-order valence-electron chi connectivity index (χ4n) is 2.33. The van der Waals surface area contributed by atoms with Gasteiger partial charge in [-0.05, 0) is 43.2 Å². The number of carbonyl (C=O) groups excluding carboxylic acids is 1. The predicted octanol–water partition coefficient (Wildman–Crippen LogP) is 4.76. The first-order chi connectivity index (χ1) is 12.5. The van der Waals surface area contributed by atoms with Gasteiger partial charge in [-0.3, -0.25) is 9.89 Å². The highest BCUT2D eigenvalue weighted by Crippen LogP contribution is 2.24. The Kier molecular flexibility index (Phi) is 5.40. The van der Waals surface area contributed by atoms with Crippen LogP contribution in [0, 0.1) is 13.8 Å². The number of amides is 1.